The second-order valence-electron chi connectivity index (χ2n) is 3.85. The molecule has 1 heterocycles. The van der Waals surface area contributed by atoms with Crippen LogP contribution in [0.3, 0.4) is 0 Å². The quantitative estimate of drug-likeness (QED) is 0.520. The lowest BCUT2D eigenvalue weighted by Crippen LogP contribution is -2.24. The Bertz CT molecular complexity index is 499. The van der Waals surface area contributed by atoms with Gasteiger partial charge in [0.05, 0.1) is 6.54 Å². The van der Waals surface area contributed by atoms with Crippen molar-refractivity contribution in [3.63, 3.8) is 0 Å². The molecule has 1 rings (SSSR count). The zero-order chi connectivity index (χ0) is 14.1. The Balaban J connectivity index is 2.41. The van der Waals surface area contributed by atoms with Gasteiger partial charge in [-0.15, -0.1) is 11.3 Å². The van der Waals surface area contributed by atoms with Gasteiger partial charge in [0.15, 0.2) is 0 Å². The minimum Gasteiger partial charge on any atom is -0.370 e. The molecule has 5 nitrogen and oxygen atoms in total. The number of amides is 2. The average molecular weight is 279 g/mol. The van der Waals surface area contributed by atoms with E-state index in [9.17, 15) is 9.59 Å². The molecule has 2 amide bonds. The topological polar surface area (TPSA) is 98.2 Å². The molecule has 0 atom stereocenters. The third-order valence-corrected chi connectivity index (χ3v) is 3.25. The predicted molar refractivity (Wildman–Crippen MR) is 75.6 cm³/mol. The summed E-state index contributed by atoms with van der Waals surface area (Å²) in [5.41, 5.74) is 11.0. The number of thiophene rings is 1. The summed E-state index contributed by atoms with van der Waals surface area (Å²) in [6, 6.07) is 1.80. The highest BCUT2D eigenvalue weighted by Gasteiger charge is 2.10. The Labute approximate surface area is 116 Å². The summed E-state index contributed by atoms with van der Waals surface area (Å²) in [5.74, 6) is 5.13. The van der Waals surface area contributed by atoms with Gasteiger partial charge in [0.2, 0.25) is 5.91 Å². The lowest BCUT2D eigenvalue weighted by molar-refractivity contribution is -0.118. The summed E-state index contributed by atoms with van der Waals surface area (Å²) in [6.45, 7) is 0.789. The summed E-state index contributed by atoms with van der Waals surface area (Å²) >= 11 is 1.35. The first-order valence-electron chi connectivity index (χ1n) is 5.98. The zero-order valence-corrected chi connectivity index (χ0v) is 11.4. The normalized spacial score (nSPS) is 9.53. The molecule has 0 unspecified atom stereocenters. The highest BCUT2D eigenvalue weighted by molar-refractivity contribution is 7.12. The fourth-order valence-corrected chi connectivity index (χ4v) is 2.20. The van der Waals surface area contributed by atoms with E-state index in [0.717, 1.165) is 6.42 Å². The van der Waals surface area contributed by atoms with Crippen LogP contribution in [0.1, 0.15) is 34.5 Å². The average Bonchev–Trinajstić information content (AvgIpc) is 2.83. The number of carbonyl (C=O) groups is 2. The van der Waals surface area contributed by atoms with Crippen LogP contribution in [0.4, 0.5) is 0 Å². The second-order valence-corrected chi connectivity index (χ2v) is 4.76. The van der Waals surface area contributed by atoms with Crippen molar-refractivity contribution in [3.8, 4) is 11.8 Å². The first-order chi connectivity index (χ1) is 9.15. The van der Waals surface area contributed by atoms with Crippen LogP contribution < -0.4 is 16.8 Å². The molecule has 0 saturated carbocycles. The molecular formula is C13H17N3O2S. The van der Waals surface area contributed by atoms with Gasteiger partial charge in [-0.05, 0) is 24.3 Å². The van der Waals surface area contributed by atoms with E-state index in [1.807, 2.05) is 5.38 Å². The van der Waals surface area contributed by atoms with Gasteiger partial charge < -0.3 is 16.8 Å². The molecule has 1 aromatic rings. The summed E-state index contributed by atoms with van der Waals surface area (Å²) in [4.78, 5) is 23.0. The molecule has 0 aliphatic carbocycles. The van der Waals surface area contributed by atoms with Crippen molar-refractivity contribution in [1.82, 2.24) is 5.32 Å². The lowest BCUT2D eigenvalue weighted by Gasteiger charge is -2.03. The van der Waals surface area contributed by atoms with E-state index in [1.165, 1.54) is 11.3 Å². The summed E-state index contributed by atoms with van der Waals surface area (Å²) in [7, 11) is 0. The molecule has 0 spiro atoms. The molecule has 0 bridgehead atoms. The van der Waals surface area contributed by atoms with E-state index < -0.39 is 0 Å². The number of unbranched alkanes of at least 4 members (excludes halogenated alkanes) is 1. The van der Waals surface area contributed by atoms with Crippen LogP contribution >= 0.6 is 11.3 Å². The maximum absolute atomic E-state index is 11.9. The molecule has 5 N–H and O–H groups in total. The second kappa shape index (κ2) is 8.29. The molecule has 0 fully saturated rings. The van der Waals surface area contributed by atoms with Crippen LogP contribution in [0, 0.1) is 11.8 Å². The Hall–Kier alpha value is -1.84. The predicted octanol–water partition coefficient (Wildman–Crippen LogP) is 0.444. The van der Waals surface area contributed by atoms with E-state index in [-0.39, 0.29) is 18.4 Å². The van der Waals surface area contributed by atoms with E-state index in [2.05, 4.69) is 17.2 Å². The number of hydrogen-bond acceptors (Lipinski definition) is 4. The molecule has 19 heavy (non-hydrogen) atoms. The molecule has 0 aliphatic rings. The first kappa shape index (κ1) is 15.2. The highest BCUT2D eigenvalue weighted by atomic mass is 32.1. The Morgan fingerprint density at radius 1 is 1.37 bits per heavy atom. The Kier molecular flexibility index (Phi) is 6.64. The number of carbonyl (C=O) groups excluding carboxylic acids is 2. The van der Waals surface area contributed by atoms with Crippen molar-refractivity contribution in [2.75, 3.05) is 13.1 Å². The number of hydrogen-bond donors (Lipinski definition) is 3. The molecule has 1 aromatic heterocycles. The SMILES string of the molecule is NCC#Cc1ccsc1C(=O)NCCCCC(N)=O. The standard InChI is InChI=1S/C13H17N3O2S/c14-7-3-4-10-6-9-19-12(10)13(18)16-8-2-1-5-11(15)17/h6,9H,1-2,5,7-8,14H2,(H2,15,17)(H,16,18). The van der Waals surface area contributed by atoms with Crippen LogP contribution in [-0.2, 0) is 4.79 Å². The first-order valence-corrected chi connectivity index (χ1v) is 6.86. The molecule has 0 saturated heterocycles. The number of nitrogens with two attached hydrogens (primary N) is 2. The summed E-state index contributed by atoms with van der Waals surface area (Å²) in [6.07, 6.45) is 1.76. The molecule has 0 aromatic carbocycles. The fourth-order valence-electron chi connectivity index (χ4n) is 1.44. The highest BCUT2D eigenvalue weighted by Crippen LogP contribution is 2.15. The summed E-state index contributed by atoms with van der Waals surface area (Å²) < 4.78 is 0. The van der Waals surface area contributed by atoms with Crippen molar-refractivity contribution in [2.24, 2.45) is 11.5 Å². The van der Waals surface area contributed by atoms with Crippen LogP contribution in [-0.4, -0.2) is 24.9 Å². The largest absolute Gasteiger partial charge is 0.370 e. The third kappa shape index (κ3) is 5.55. The van der Waals surface area contributed by atoms with Crippen LogP contribution in [0.5, 0.6) is 0 Å². The van der Waals surface area contributed by atoms with Gasteiger partial charge in [-0.25, -0.2) is 0 Å². The lowest BCUT2D eigenvalue weighted by atomic mass is 10.2. The van der Waals surface area contributed by atoms with Crippen molar-refractivity contribution in [2.45, 2.75) is 19.3 Å². The fraction of sp³-hybridized carbons (Fsp3) is 0.385. The molecule has 102 valence electrons. The number of rotatable bonds is 6. The van der Waals surface area contributed by atoms with Gasteiger partial charge in [0.25, 0.3) is 5.91 Å². The van der Waals surface area contributed by atoms with Gasteiger partial charge >= 0.3 is 0 Å². The van der Waals surface area contributed by atoms with Gasteiger partial charge in [-0.3, -0.25) is 9.59 Å². The van der Waals surface area contributed by atoms with Crippen LogP contribution in [0.15, 0.2) is 11.4 Å². The maximum Gasteiger partial charge on any atom is 0.262 e. The monoisotopic (exact) mass is 279 g/mol. The van der Waals surface area contributed by atoms with E-state index in [1.54, 1.807) is 6.07 Å². The van der Waals surface area contributed by atoms with Crippen LogP contribution in [0.25, 0.3) is 0 Å². The third-order valence-electron chi connectivity index (χ3n) is 2.33. The zero-order valence-electron chi connectivity index (χ0n) is 10.6. The van der Waals surface area contributed by atoms with Crippen molar-refractivity contribution < 1.29 is 9.59 Å². The van der Waals surface area contributed by atoms with E-state index >= 15 is 0 Å². The van der Waals surface area contributed by atoms with Gasteiger partial charge in [0.1, 0.15) is 4.88 Å². The van der Waals surface area contributed by atoms with Crippen LogP contribution in [0.2, 0.25) is 0 Å². The van der Waals surface area contributed by atoms with Gasteiger partial charge in [-0.2, -0.15) is 0 Å². The Morgan fingerprint density at radius 2 is 2.16 bits per heavy atom. The van der Waals surface area contributed by atoms with Crippen molar-refractivity contribution in [3.05, 3.63) is 21.9 Å². The number of nitrogens with one attached hydrogen (secondary N) is 1. The molecule has 6 heteroatoms. The number of primary amides is 1. The van der Waals surface area contributed by atoms with E-state index in [4.69, 9.17) is 11.5 Å². The van der Waals surface area contributed by atoms with Crippen molar-refractivity contribution in [1.29, 1.82) is 0 Å². The molecule has 0 aliphatic heterocycles. The van der Waals surface area contributed by atoms with Crippen molar-refractivity contribution >= 4 is 23.2 Å². The van der Waals surface area contributed by atoms with Gasteiger partial charge in [-0.1, -0.05) is 11.8 Å². The Morgan fingerprint density at radius 3 is 2.84 bits per heavy atom. The minimum absolute atomic E-state index is 0.143. The molecule has 0 radical (unpaired) electrons. The summed E-state index contributed by atoms with van der Waals surface area (Å²) in [5, 5.41) is 4.62. The minimum atomic E-state index is -0.316. The van der Waals surface area contributed by atoms with Gasteiger partial charge in [0, 0.05) is 18.5 Å². The smallest absolute Gasteiger partial charge is 0.262 e. The van der Waals surface area contributed by atoms with E-state index in [0.29, 0.717) is 29.8 Å². The molecular weight excluding hydrogens is 262 g/mol. The maximum atomic E-state index is 11.9.